The van der Waals surface area contributed by atoms with Gasteiger partial charge in [-0.2, -0.15) is 0 Å². The number of rotatable bonds is 6. The average molecular weight is 204 g/mol. The van der Waals surface area contributed by atoms with Crippen molar-refractivity contribution in [1.82, 2.24) is 0 Å². The van der Waals surface area contributed by atoms with Gasteiger partial charge in [0, 0.05) is 0 Å². The molecule has 0 aliphatic rings. The molecule has 0 unspecified atom stereocenters. The van der Waals surface area contributed by atoms with Gasteiger partial charge in [0.25, 0.3) is 0 Å². The first-order chi connectivity index (χ1) is 6.08. The molecule has 13 heavy (non-hydrogen) atoms. The molecule has 0 aliphatic carbocycles. The number of ether oxygens (including phenoxy) is 1. The van der Waals surface area contributed by atoms with Gasteiger partial charge in [-0.1, -0.05) is 0 Å². The number of hydrogen-bond acceptors (Lipinski definition) is 2. The van der Waals surface area contributed by atoms with E-state index in [1.54, 1.807) is 0 Å². The van der Waals surface area contributed by atoms with Crippen LogP contribution < -0.4 is 0 Å². The third-order valence-electron chi connectivity index (χ3n) is 2.82. The molecule has 0 aromatic heterocycles. The zero-order valence-corrected chi connectivity index (χ0v) is 9.93. The summed E-state index contributed by atoms with van der Waals surface area (Å²) in [6, 6.07) is 0. The molecular formula is C10H21O2P. The van der Waals surface area contributed by atoms with Gasteiger partial charge in [0.1, 0.15) is 0 Å². The summed E-state index contributed by atoms with van der Waals surface area (Å²) in [7, 11) is -1.09. The van der Waals surface area contributed by atoms with Crippen LogP contribution in [0.2, 0.25) is 0 Å². The standard InChI is InChI=1S/C10H21O2P/c1-5-10(11)12-8-9-13(4,6-2)7-3/h5,13H,1,6-9H2,2-4H3. The molecule has 0 rings (SSSR count). The number of carbonyl (C=O) groups is 1. The summed E-state index contributed by atoms with van der Waals surface area (Å²) >= 11 is 0. The number of hydrogen-bond donors (Lipinski definition) is 0. The summed E-state index contributed by atoms with van der Waals surface area (Å²) in [6.07, 6.45) is 4.81. The molecule has 0 N–H and O–H groups in total. The van der Waals surface area contributed by atoms with Crippen LogP contribution in [0.4, 0.5) is 0 Å². The third kappa shape index (κ3) is 5.05. The van der Waals surface area contributed by atoms with Crippen LogP contribution in [0, 0.1) is 0 Å². The Morgan fingerprint density at radius 2 is 2.00 bits per heavy atom. The second kappa shape index (κ2) is 6.15. The number of esters is 1. The van der Waals surface area contributed by atoms with Crippen molar-refractivity contribution in [2.75, 3.05) is 31.8 Å². The van der Waals surface area contributed by atoms with E-state index < -0.39 is 7.26 Å². The fraction of sp³-hybridized carbons (Fsp3) is 0.700. The van der Waals surface area contributed by atoms with E-state index in [4.69, 9.17) is 4.74 Å². The molecule has 0 saturated heterocycles. The summed E-state index contributed by atoms with van der Waals surface area (Å²) in [4.78, 5) is 10.7. The summed E-state index contributed by atoms with van der Waals surface area (Å²) < 4.78 is 4.97. The topological polar surface area (TPSA) is 26.3 Å². The minimum atomic E-state index is -1.09. The van der Waals surface area contributed by atoms with Gasteiger partial charge >= 0.3 is 81.0 Å². The summed E-state index contributed by atoms with van der Waals surface area (Å²) in [6.45, 7) is 10.7. The summed E-state index contributed by atoms with van der Waals surface area (Å²) in [5, 5.41) is 0. The Balaban J connectivity index is 3.73. The molecule has 0 aliphatic heterocycles. The first-order valence-electron chi connectivity index (χ1n) is 4.87. The Bertz CT molecular complexity index is 174. The van der Waals surface area contributed by atoms with Gasteiger partial charge in [0.2, 0.25) is 0 Å². The van der Waals surface area contributed by atoms with Crippen molar-refractivity contribution in [1.29, 1.82) is 0 Å². The van der Waals surface area contributed by atoms with E-state index in [0.717, 1.165) is 6.16 Å². The molecule has 0 amide bonds. The fourth-order valence-corrected chi connectivity index (χ4v) is 2.86. The Labute approximate surface area is 81.7 Å². The normalized spacial score (nSPS) is 12.2. The van der Waals surface area contributed by atoms with Gasteiger partial charge in [-0.25, -0.2) is 0 Å². The molecule has 0 atom stereocenters. The summed E-state index contributed by atoms with van der Waals surface area (Å²) in [5.41, 5.74) is 0. The van der Waals surface area contributed by atoms with E-state index in [1.807, 2.05) is 0 Å². The Hall–Kier alpha value is -0.360. The first-order valence-corrected chi connectivity index (χ1v) is 7.99. The van der Waals surface area contributed by atoms with Crippen molar-refractivity contribution in [2.24, 2.45) is 0 Å². The van der Waals surface area contributed by atoms with Crippen LogP contribution in [0.15, 0.2) is 12.7 Å². The molecule has 0 spiro atoms. The van der Waals surface area contributed by atoms with Crippen LogP contribution in [-0.4, -0.2) is 37.7 Å². The molecular weight excluding hydrogens is 183 g/mol. The Kier molecular flexibility index (Phi) is 5.98. The Morgan fingerprint density at radius 1 is 1.46 bits per heavy atom. The van der Waals surface area contributed by atoms with E-state index in [0.29, 0.717) is 6.61 Å². The van der Waals surface area contributed by atoms with E-state index >= 15 is 0 Å². The molecule has 0 fully saturated rings. The van der Waals surface area contributed by atoms with Gasteiger partial charge in [0.05, 0.1) is 0 Å². The molecule has 0 heterocycles. The van der Waals surface area contributed by atoms with E-state index in [-0.39, 0.29) is 5.97 Å². The van der Waals surface area contributed by atoms with Crippen molar-refractivity contribution in [3.63, 3.8) is 0 Å². The quantitative estimate of drug-likeness (QED) is 0.376. The molecule has 3 heteroatoms. The Morgan fingerprint density at radius 3 is 2.38 bits per heavy atom. The predicted molar refractivity (Wildman–Crippen MR) is 61.3 cm³/mol. The second-order valence-corrected chi connectivity index (χ2v) is 9.17. The van der Waals surface area contributed by atoms with Crippen molar-refractivity contribution < 1.29 is 9.53 Å². The zero-order valence-electron chi connectivity index (χ0n) is 8.93. The van der Waals surface area contributed by atoms with Gasteiger partial charge < -0.3 is 0 Å². The molecule has 0 aromatic rings. The third-order valence-corrected chi connectivity index (χ3v) is 7.65. The van der Waals surface area contributed by atoms with Crippen LogP contribution >= 0.6 is 7.26 Å². The molecule has 0 saturated carbocycles. The van der Waals surface area contributed by atoms with Crippen molar-refractivity contribution in [2.45, 2.75) is 13.8 Å². The minimum absolute atomic E-state index is 0.302. The predicted octanol–water partition coefficient (Wildman–Crippen LogP) is 2.14. The monoisotopic (exact) mass is 204 g/mol. The SMILES string of the molecule is C=CC(=O)OCC[PH](C)(CC)CC. The second-order valence-electron chi connectivity index (χ2n) is 3.64. The molecule has 0 bridgehead atoms. The van der Waals surface area contributed by atoms with Crippen molar-refractivity contribution >= 4 is 13.2 Å². The number of carbonyl (C=O) groups excluding carboxylic acids is 1. The van der Waals surface area contributed by atoms with Crippen LogP contribution in [0.1, 0.15) is 13.8 Å². The first kappa shape index (κ1) is 12.6. The maximum atomic E-state index is 10.7. The van der Waals surface area contributed by atoms with Crippen LogP contribution in [0.5, 0.6) is 0 Å². The van der Waals surface area contributed by atoms with Crippen LogP contribution in [0.3, 0.4) is 0 Å². The van der Waals surface area contributed by atoms with Crippen molar-refractivity contribution in [3.05, 3.63) is 12.7 Å². The molecule has 0 aromatic carbocycles. The van der Waals surface area contributed by atoms with Gasteiger partial charge in [-0.15, -0.1) is 0 Å². The van der Waals surface area contributed by atoms with Gasteiger partial charge in [-0.05, 0) is 0 Å². The molecule has 0 radical (unpaired) electrons. The zero-order chi connectivity index (χ0) is 10.3. The average Bonchev–Trinajstić information content (AvgIpc) is 2.17. The maximum absolute atomic E-state index is 10.7. The molecule has 2 nitrogen and oxygen atoms in total. The van der Waals surface area contributed by atoms with Crippen molar-refractivity contribution in [3.8, 4) is 0 Å². The van der Waals surface area contributed by atoms with Gasteiger partial charge in [0.15, 0.2) is 0 Å². The fourth-order valence-electron chi connectivity index (χ4n) is 1.06. The summed E-state index contributed by atoms with van der Waals surface area (Å²) in [5.74, 6) is -0.302. The van der Waals surface area contributed by atoms with Gasteiger partial charge in [-0.3, -0.25) is 0 Å². The van der Waals surface area contributed by atoms with E-state index in [2.05, 4.69) is 27.1 Å². The van der Waals surface area contributed by atoms with Crippen LogP contribution in [-0.2, 0) is 9.53 Å². The van der Waals surface area contributed by atoms with Crippen LogP contribution in [0.25, 0.3) is 0 Å². The molecule has 78 valence electrons. The van der Waals surface area contributed by atoms with E-state index in [1.165, 1.54) is 18.4 Å². The van der Waals surface area contributed by atoms with E-state index in [9.17, 15) is 4.79 Å².